The molecule has 1 amide bonds. The Morgan fingerprint density at radius 2 is 2.05 bits per heavy atom. The second-order valence-corrected chi connectivity index (χ2v) is 5.32. The van der Waals surface area contributed by atoms with Gasteiger partial charge in [0.25, 0.3) is 0 Å². The molecule has 0 radical (unpaired) electrons. The van der Waals surface area contributed by atoms with Gasteiger partial charge < -0.3 is 10.1 Å². The molecule has 1 heterocycles. The first-order valence-corrected chi connectivity index (χ1v) is 7.29. The van der Waals surface area contributed by atoms with Gasteiger partial charge in [-0.2, -0.15) is 0 Å². The van der Waals surface area contributed by atoms with Crippen molar-refractivity contribution in [2.75, 3.05) is 26.7 Å². The second kappa shape index (κ2) is 7.70. The summed E-state index contributed by atoms with van der Waals surface area (Å²) in [5.41, 5.74) is 1.08. The Morgan fingerprint density at radius 1 is 1.38 bits per heavy atom. The maximum Gasteiger partial charge on any atom is 0.223 e. The van der Waals surface area contributed by atoms with Crippen molar-refractivity contribution in [2.45, 2.75) is 19.4 Å². The summed E-state index contributed by atoms with van der Waals surface area (Å²) >= 11 is 0. The predicted molar refractivity (Wildman–Crippen MR) is 82.8 cm³/mol. The summed E-state index contributed by atoms with van der Waals surface area (Å²) in [5.74, 6) is 3.73. The lowest BCUT2D eigenvalue weighted by atomic mass is 9.96. The zero-order chi connectivity index (χ0) is 15.1. The van der Waals surface area contributed by atoms with Crippen LogP contribution in [0, 0.1) is 18.3 Å². The first-order chi connectivity index (χ1) is 10.2. The van der Waals surface area contributed by atoms with Gasteiger partial charge in [-0.05, 0) is 43.6 Å². The third-order valence-electron chi connectivity index (χ3n) is 3.90. The normalized spacial score (nSPS) is 16.2. The lowest BCUT2D eigenvalue weighted by Gasteiger charge is -2.29. The van der Waals surface area contributed by atoms with Crippen LogP contribution in [-0.2, 0) is 11.3 Å². The summed E-state index contributed by atoms with van der Waals surface area (Å²) in [6.07, 6.45) is 7.08. The van der Waals surface area contributed by atoms with Gasteiger partial charge in [0.1, 0.15) is 5.75 Å². The minimum Gasteiger partial charge on any atom is -0.497 e. The number of terminal acetylenes is 1. The fourth-order valence-electron chi connectivity index (χ4n) is 2.56. The van der Waals surface area contributed by atoms with Gasteiger partial charge in [0.2, 0.25) is 5.91 Å². The van der Waals surface area contributed by atoms with Crippen LogP contribution in [0.25, 0.3) is 0 Å². The fourth-order valence-corrected chi connectivity index (χ4v) is 2.56. The maximum absolute atomic E-state index is 12.2. The number of hydrogen-bond donors (Lipinski definition) is 1. The van der Waals surface area contributed by atoms with Crippen molar-refractivity contribution >= 4 is 5.91 Å². The van der Waals surface area contributed by atoms with Gasteiger partial charge in [-0.3, -0.25) is 9.69 Å². The topological polar surface area (TPSA) is 41.6 Å². The summed E-state index contributed by atoms with van der Waals surface area (Å²) < 4.78 is 5.11. The van der Waals surface area contributed by atoms with Crippen molar-refractivity contribution < 1.29 is 9.53 Å². The van der Waals surface area contributed by atoms with Crippen molar-refractivity contribution in [1.82, 2.24) is 10.2 Å². The minimum absolute atomic E-state index is 0.109. The number of carbonyl (C=O) groups excluding carboxylic acids is 1. The Bertz CT molecular complexity index is 497. The maximum atomic E-state index is 12.2. The average Bonchev–Trinajstić information content (AvgIpc) is 2.54. The molecule has 0 unspecified atom stereocenters. The van der Waals surface area contributed by atoms with Crippen molar-refractivity contribution in [3.05, 3.63) is 29.8 Å². The van der Waals surface area contributed by atoms with Crippen molar-refractivity contribution in [3.63, 3.8) is 0 Å². The van der Waals surface area contributed by atoms with Gasteiger partial charge in [-0.15, -0.1) is 6.42 Å². The second-order valence-electron chi connectivity index (χ2n) is 5.32. The molecule has 0 aromatic heterocycles. The number of piperidine rings is 1. The number of amides is 1. The molecule has 1 saturated heterocycles. The Balaban J connectivity index is 1.76. The number of rotatable bonds is 5. The summed E-state index contributed by atoms with van der Waals surface area (Å²) in [6.45, 7) is 3.06. The zero-order valence-electron chi connectivity index (χ0n) is 12.5. The number of ether oxygens (including phenoxy) is 1. The number of carbonyl (C=O) groups is 1. The summed E-state index contributed by atoms with van der Waals surface area (Å²) in [7, 11) is 1.64. The monoisotopic (exact) mass is 286 g/mol. The summed E-state index contributed by atoms with van der Waals surface area (Å²) in [5, 5.41) is 3.01. The molecule has 0 atom stereocenters. The number of nitrogens with one attached hydrogen (secondary N) is 1. The standard InChI is InChI=1S/C17H22N2O2/c1-3-10-19-11-8-15(9-12-19)17(20)18-13-14-4-6-16(21-2)7-5-14/h1,4-7,15H,8-13H2,2H3,(H,18,20). The van der Waals surface area contributed by atoms with Crippen LogP contribution in [0.5, 0.6) is 5.75 Å². The van der Waals surface area contributed by atoms with Crippen LogP contribution < -0.4 is 10.1 Å². The van der Waals surface area contributed by atoms with Crippen LogP contribution >= 0.6 is 0 Å². The molecular weight excluding hydrogens is 264 g/mol. The number of hydrogen-bond acceptors (Lipinski definition) is 3. The predicted octanol–water partition coefficient (Wildman–Crippen LogP) is 1.66. The molecule has 0 bridgehead atoms. The highest BCUT2D eigenvalue weighted by molar-refractivity contribution is 5.78. The lowest BCUT2D eigenvalue weighted by molar-refractivity contribution is -0.126. The van der Waals surface area contributed by atoms with E-state index in [9.17, 15) is 4.79 Å². The van der Waals surface area contributed by atoms with Crippen LogP contribution in [0.1, 0.15) is 18.4 Å². The number of nitrogens with zero attached hydrogens (tertiary/aromatic N) is 1. The van der Waals surface area contributed by atoms with Crippen LogP contribution in [0.4, 0.5) is 0 Å². The van der Waals surface area contributed by atoms with E-state index < -0.39 is 0 Å². The van der Waals surface area contributed by atoms with Crippen LogP contribution in [0.3, 0.4) is 0 Å². The molecule has 0 aliphatic carbocycles. The SMILES string of the molecule is C#CCN1CCC(C(=O)NCc2ccc(OC)cc2)CC1. The molecule has 112 valence electrons. The van der Waals surface area contributed by atoms with Crippen molar-refractivity contribution in [2.24, 2.45) is 5.92 Å². The molecule has 21 heavy (non-hydrogen) atoms. The minimum atomic E-state index is 0.109. The van der Waals surface area contributed by atoms with E-state index in [1.807, 2.05) is 24.3 Å². The van der Waals surface area contributed by atoms with E-state index in [-0.39, 0.29) is 11.8 Å². The van der Waals surface area contributed by atoms with E-state index in [1.54, 1.807) is 7.11 Å². The zero-order valence-corrected chi connectivity index (χ0v) is 12.5. The fraction of sp³-hybridized carbons (Fsp3) is 0.471. The molecule has 0 spiro atoms. The van der Waals surface area contributed by atoms with Crippen LogP contribution in [0.15, 0.2) is 24.3 Å². The van der Waals surface area contributed by atoms with Gasteiger partial charge in [0.15, 0.2) is 0 Å². The van der Waals surface area contributed by atoms with E-state index in [2.05, 4.69) is 16.1 Å². The van der Waals surface area contributed by atoms with Gasteiger partial charge in [0, 0.05) is 12.5 Å². The number of methoxy groups -OCH3 is 1. The van der Waals surface area contributed by atoms with E-state index in [4.69, 9.17) is 11.2 Å². The molecule has 1 fully saturated rings. The highest BCUT2D eigenvalue weighted by Gasteiger charge is 2.24. The Kier molecular flexibility index (Phi) is 5.65. The largest absolute Gasteiger partial charge is 0.497 e. The van der Waals surface area contributed by atoms with Crippen LogP contribution in [0.2, 0.25) is 0 Å². The third kappa shape index (κ3) is 4.51. The molecule has 1 aromatic carbocycles. The van der Waals surface area contributed by atoms with Gasteiger partial charge >= 0.3 is 0 Å². The molecular formula is C17H22N2O2. The van der Waals surface area contributed by atoms with Gasteiger partial charge in [-0.1, -0.05) is 18.1 Å². The third-order valence-corrected chi connectivity index (χ3v) is 3.90. The molecule has 1 aromatic rings. The van der Waals surface area contributed by atoms with Crippen LogP contribution in [-0.4, -0.2) is 37.6 Å². The van der Waals surface area contributed by atoms with Crippen molar-refractivity contribution in [1.29, 1.82) is 0 Å². The molecule has 1 N–H and O–H groups in total. The lowest BCUT2D eigenvalue weighted by Crippen LogP contribution is -2.40. The van der Waals surface area contributed by atoms with Crippen molar-refractivity contribution in [3.8, 4) is 18.1 Å². The molecule has 0 saturated carbocycles. The van der Waals surface area contributed by atoms with Gasteiger partial charge in [0.05, 0.1) is 13.7 Å². The molecule has 2 rings (SSSR count). The highest BCUT2D eigenvalue weighted by atomic mass is 16.5. The van der Waals surface area contributed by atoms with E-state index in [1.165, 1.54) is 0 Å². The van der Waals surface area contributed by atoms with E-state index in [0.717, 1.165) is 37.2 Å². The van der Waals surface area contributed by atoms with E-state index in [0.29, 0.717) is 13.1 Å². The molecule has 4 heteroatoms. The quantitative estimate of drug-likeness (QED) is 0.837. The summed E-state index contributed by atoms with van der Waals surface area (Å²) in [6, 6.07) is 7.74. The molecule has 4 nitrogen and oxygen atoms in total. The number of benzene rings is 1. The number of likely N-dealkylation sites (tertiary alicyclic amines) is 1. The smallest absolute Gasteiger partial charge is 0.223 e. The first-order valence-electron chi connectivity index (χ1n) is 7.29. The molecule has 1 aliphatic heterocycles. The molecule has 1 aliphatic rings. The van der Waals surface area contributed by atoms with Gasteiger partial charge in [-0.25, -0.2) is 0 Å². The summed E-state index contributed by atoms with van der Waals surface area (Å²) in [4.78, 5) is 14.4. The Labute approximate surface area is 126 Å². The average molecular weight is 286 g/mol. The highest BCUT2D eigenvalue weighted by Crippen LogP contribution is 2.17. The Morgan fingerprint density at radius 3 is 2.62 bits per heavy atom. The van der Waals surface area contributed by atoms with E-state index >= 15 is 0 Å². The first kappa shape index (κ1) is 15.4. The Hall–Kier alpha value is -1.99.